The first-order chi connectivity index (χ1) is 11.7. The molecule has 2 aliphatic rings. The van der Waals surface area contributed by atoms with Gasteiger partial charge in [-0.3, -0.25) is 4.79 Å². The number of carbonyl (C=O) groups is 2. The SMILES string of the molecule is CC(C)N[C@H]1C[C@@H](C(=O)N2CCOCC2)CN(C(=O)OC(C)(C)C)C1. The molecule has 144 valence electrons. The van der Waals surface area contributed by atoms with Gasteiger partial charge in [0.05, 0.1) is 19.1 Å². The molecule has 0 aromatic rings. The fraction of sp³-hybridized carbons (Fsp3) is 0.889. The maximum absolute atomic E-state index is 12.9. The molecule has 0 aromatic heterocycles. The van der Waals surface area contributed by atoms with Gasteiger partial charge in [0.15, 0.2) is 0 Å². The first-order valence-corrected chi connectivity index (χ1v) is 9.26. The fourth-order valence-corrected chi connectivity index (χ4v) is 3.39. The van der Waals surface area contributed by atoms with Crippen LogP contribution in [0.2, 0.25) is 0 Å². The van der Waals surface area contributed by atoms with Crippen LogP contribution >= 0.6 is 0 Å². The number of ether oxygens (including phenoxy) is 2. The second kappa shape index (κ2) is 8.36. The highest BCUT2D eigenvalue weighted by Crippen LogP contribution is 2.22. The van der Waals surface area contributed by atoms with E-state index in [1.165, 1.54) is 0 Å². The number of morpholine rings is 1. The second-order valence-electron chi connectivity index (χ2n) is 8.27. The Morgan fingerprint density at radius 2 is 1.76 bits per heavy atom. The molecule has 2 aliphatic heterocycles. The Hall–Kier alpha value is -1.34. The average molecular weight is 355 g/mol. The summed E-state index contributed by atoms with van der Waals surface area (Å²) >= 11 is 0. The Morgan fingerprint density at radius 1 is 1.12 bits per heavy atom. The summed E-state index contributed by atoms with van der Waals surface area (Å²) in [4.78, 5) is 29.0. The molecule has 0 aromatic carbocycles. The van der Waals surface area contributed by atoms with Gasteiger partial charge in [0.25, 0.3) is 0 Å². The predicted molar refractivity (Wildman–Crippen MR) is 95.4 cm³/mol. The summed E-state index contributed by atoms with van der Waals surface area (Å²) in [6.07, 6.45) is 0.399. The number of carbonyl (C=O) groups excluding carboxylic acids is 2. The van der Waals surface area contributed by atoms with Gasteiger partial charge in [-0.2, -0.15) is 0 Å². The van der Waals surface area contributed by atoms with Crippen LogP contribution in [0.1, 0.15) is 41.0 Å². The lowest BCUT2D eigenvalue weighted by Crippen LogP contribution is -2.57. The third-order valence-electron chi connectivity index (χ3n) is 4.34. The Morgan fingerprint density at radius 3 is 2.32 bits per heavy atom. The van der Waals surface area contributed by atoms with Crippen LogP contribution in [0.15, 0.2) is 0 Å². The van der Waals surface area contributed by atoms with Crippen molar-refractivity contribution in [3.8, 4) is 0 Å². The van der Waals surface area contributed by atoms with Gasteiger partial charge >= 0.3 is 6.09 Å². The monoisotopic (exact) mass is 355 g/mol. The molecule has 2 saturated heterocycles. The Bertz CT molecular complexity index is 469. The predicted octanol–water partition coefficient (Wildman–Crippen LogP) is 1.47. The van der Waals surface area contributed by atoms with Crippen molar-refractivity contribution in [3.63, 3.8) is 0 Å². The Balaban J connectivity index is 2.07. The van der Waals surface area contributed by atoms with Crippen LogP contribution in [0.25, 0.3) is 0 Å². The lowest BCUT2D eigenvalue weighted by Gasteiger charge is -2.40. The number of rotatable bonds is 3. The van der Waals surface area contributed by atoms with E-state index in [9.17, 15) is 9.59 Å². The third kappa shape index (κ3) is 6.15. The molecule has 0 spiro atoms. The third-order valence-corrected chi connectivity index (χ3v) is 4.34. The molecular formula is C18H33N3O4. The van der Waals surface area contributed by atoms with Crippen LogP contribution in [0.4, 0.5) is 4.79 Å². The van der Waals surface area contributed by atoms with Gasteiger partial charge in [0.2, 0.25) is 5.91 Å². The van der Waals surface area contributed by atoms with E-state index in [1.54, 1.807) is 4.90 Å². The van der Waals surface area contributed by atoms with Crippen LogP contribution in [-0.4, -0.2) is 78.9 Å². The van der Waals surface area contributed by atoms with Crippen LogP contribution in [0.3, 0.4) is 0 Å². The summed E-state index contributed by atoms with van der Waals surface area (Å²) in [5, 5.41) is 3.47. The van der Waals surface area contributed by atoms with Crippen molar-refractivity contribution in [1.82, 2.24) is 15.1 Å². The van der Waals surface area contributed by atoms with Crippen molar-refractivity contribution in [1.29, 1.82) is 0 Å². The van der Waals surface area contributed by atoms with E-state index in [2.05, 4.69) is 19.2 Å². The minimum Gasteiger partial charge on any atom is -0.444 e. The fourth-order valence-electron chi connectivity index (χ4n) is 3.39. The molecule has 2 atom stereocenters. The minimum atomic E-state index is -0.542. The number of hydrogen-bond donors (Lipinski definition) is 1. The topological polar surface area (TPSA) is 71.1 Å². The molecule has 2 rings (SSSR count). The lowest BCUT2D eigenvalue weighted by molar-refractivity contribution is -0.141. The van der Waals surface area contributed by atoms with Crippen molar-refractivity contribution < 1.29 is 19.1 Å². The van der Waals surface area contributed by atoms with E-state index in [0.717, 1.165) is 6.42 Å². The number of likely N-dealkylation sites (tertiary alicyclic amines) is 1. The van der Waals surface area contributed by atoms with Gasteiger partial charge in [-0.1, -0.05) is 13.8 Å². The molecule has 2 amide bonds. The number of nitrogens with one attached hydrogen (secondary N) is 1. The number of amides is 2. The molecule has 7 nitrogen and oxygen atoms in total. The maximum atomic E-state index is 12.9. The first-order valence-electron chi connectivity index (χ1n) is 9.26. The zero-order chi connectivity index (χ0) is 18.6. The molecule has 0 unspecified atom stereocenters. The average Bonchev–Trinajstić information content (AvgIpc) is 2.52. The highest BCUT2D eigenvalue weighted by Gasteiger charge is 2.37. The number of piperidine rings is 1. The normalized spacial score (nSPS) is 25.2. The zero-order valence-corrected chi connectivity index (χ0v) is 16.2. The number of hydrogen-bond acceptors (Lipinski definition) is 5. The van der Waals surface area contributed by atoms with Gasteiger partial charge in [-0.05, 0) is 27.2 Å². The second-order valence-corrected chi connectivity index (χ2v) is 8.27. The molecule has 1 N–H and O–H groups in total. The summed E-state index contributed by atoms with van der Waals surface area (Å²) in [6.45, 7) is 13.1. The summed E-state index contributed by atoms with van der Waals surface area (Å²) in [6, 6.07) is 0.388. The molecule has 2 fully saturated rings. The van der Waals surface area contributed by atoms with E-state index < -0.39 is 5.60 Å². The van der Waals surface area contributed by atoms with Gasteiger partial charge in [0.1, 0.15) is 5.60 Å². The van der Waals surface area contributed by atoms with Crippen molar-refractivity contribution >= 4 is 12.0 Å². The highest BCUT2D eigenvalue weighted by molar-refractivity contribution is 5.80. The van der Waals surface area contributed by atoms with E-state index in [0.29, 0.717) is 45.4 Å². The van der Waals surface area contributed by atoms with Gasteiger partial charge in [-0.15, -0.1) is 0 Å². The Labute approximate surface area is 151 Å². The quantitative estimate of drug-likeness (QED) is 0.830. The molecule has 0 bridgehead atoms. The summed E-state index contributed by atoms with van der Waals surface area (Å²) in [5.41, 5.74) is -0.542. The summed E-state index contributed by atoms with van der Waals surface area (Å²) < 4.78 is 10.9. The highest BCUT2D eigenvalue weighted by atomic mass is 16.6. The van der Waals surface area contributed by atoms with E-state index in [4.69, 9.17) is 9.47 Å². The molecular weight excluding hydrogens is 322 g/mol. The summed E-state index contributed by atoms with van der Waals surface area (Å²) in [7, 11) is 0. The van der Waals surface area contributed by atoms with E-state index in [-0.39, 0.29) is 24.0 Å². The molecule has 2 heterocycles. The van der Waals surface area contributed by atoms with Crippen LogP contribution < -0.4 is 5.32 Å². The maximum Gasteiger partial charge on any atom is 0.410 e. The lowest BCUT2D eigenvalue weighted by atomic mass is 9.92. The molecule has 7 heteroatoms. The standard InChI is InChI=1S/C18H33N3O4/c1-13(2)19-15-10-14(16(22)20-6-8-24-9-7-20)11-21(12-15)17(23)25-18(3,4)5/h13-15,19H,6-12H2,1-5H3/t14-,15+/m1/s1. The smallest absolute Gasteiger partial charge is 0.410 e. The molecule has 25 heavy (non-hydrogen) atoms. The zero-order valence-electron chi connectivity index (χ0n) is 16.2. The van der Waals surface area contributed by atoms with Crippen molar-refractivity contribution in [2.24, 2.45) is 5.92 Å². The minimum absolute atomic E-state index is 0.0938. The van der Waals surface area contributed by atoms with Gasteiger partial charge in [-0.25, -0.2) is 4.79 Å². The van der Waals surface area contributed by atoms with Crippen molar-refractivity contribution in [3.05, 3.63) is 0 Å². The van der Waals surface area contributed by atoms with Crippen LogP contribution in [-0.2, 0) is 14.3 Å². The van der Waals surface area contributed by atoms with Crippen LogP contribution in [0, 0.1) is 5.92 Å². The molecule has 0 radical (unpaired) electrons. The molecule has 0 saturated carbocycles. The Kier molecular flexibility index (Phi) is 6.68. The van der Waals surface area contributed by atoms with Gasteiger partial charge in [0, 0.05) is 38.3 Å². The van der Waals surface area contributed by atoms with Crippen molar-refractivity contribution in [2.75, 3.05) is 39.4 Å². The largest absolute Gasteiger partial charge is 0.444 e. The first kappa shape index (κ1) is 20.0. The number of nitrogens with zero attached hydrogens (tertiary/aromatic N) is 2. The van der Waals surface area contributed by atoms with Gasteiger partial charge < -0.3 is 24.6 Å². The van der Waals surface area contributed by atoms with E-state index in [1.807, 2.05) is 25.7 Å². The molecule has 0 aliphatic carbocycles. The van der Waals surface area contributed by atoms with Crippen LogP contribution in [0.5, 0.6) is 0 Å². The van der Waals surface area contributed by atoms with E-state index >= 15 is 0 Å². The van der Waals surface area contributed by atoms with Crippen molar-refractivity contribution in [2.45, 2.75) is 58.7 Å². The summed E-state index contributed by atoms with van der Waals surface area (Å²) in [5.74, 6) is -0.0808.